The van der Waals surface area contributed by atoms with Crippen LogP contribution in [0.3, 0.4) is 0 Å². The van der Waals surface area contributed by atoms with E-state index >= 15 is 0 Å². The number of benzene rings is 1. The zero-order valence-electron chi connectivity index (χ0n) is 10.0. The maximum Gasteiger partial charge on any atom is 0.240 e. The van der Waals surface area contributed by atoms with Crippen molar-refractivity contribution in [3.8, 4) is 0 Å². The van der Waals surface area contributed by atoms with Crippen molar-refractivity contribution in [2.75, 3.05) is 0 Å². The first-order valence-corrected chi connectivity index (χ1v) is 7.16. The van der Waals surface area contributed by atoms with Crippen LogP contribution in [0.2, 0.25) is 0 Å². The Hall–Kier alpha value is -1.59. The molecule has 0 amide bonds. The van der Waals surface area contributed by atoms with Gasteiger partial charge in [0.1, 0.15) is 5.76 Å². The van der Waals surface area contributed by atoms with E-state index in [0.29, 0.717) is 6.42 Å². The molecule has 18 heavy (non-hydrogen) atoms. The lowest BCUT2D eigenvalue weighted by Crippen LogP contribution is -2.33. The lowest BCUT2D eigenvalue weighted by molar-refractivity contribution is 0.479. The molecule has 0 aliphatic heterocycles. The van der Waals surface area contributed by atoms with Gasteiger partial charge in [-0.1, -0.05) is 18.2 Å². The molecule has 0 radical (unpaired) electrons. The van der Waals surface area contributed by atoms with E-state index in [-0.39, 0.29) is 10.9 Å². The van der Waals surface area contributed by atoms with Crippen molar-refractivity contribution < 1.29 is 12.8 Å². The highest BCUT2D eigenvalue weighted by atomic mass is 32.2. The monoisotopic (exact) mass is 265 g/mol. The van der Waals surface area contributed by atoms with Crippen LogP contribution in [0.25, 0.3) is 0 Å². The molecule has 96 valence electrons. The first-order chi connectivity index (χ1) is 8.58. The Morgan fingerprint density at radius 2 is 1.89 bits per heavy atom. The third-order valence-corrected chi connectivity index (χ3v) is 4.10. The van der Waals surface area contributed by atoms with Gasteiger partial charge in [-0.05, 0) is 31.2 Å². The second kappa shape index (κ2) is 5.37. The van der Waals surface area contributed by atoms with E-state index in [0.717, 1.165) is 5.76 Å². The van der Waals surface area contributed by atoms with E-state index in [1.54, 1.807) is 42.7 Å². The molecule has 2 aromatic rings. The molecule has 0 aliphatic rings. The molecule has 4 nitrogen and oxygen atoms in total. The van der Waals surface area contributed by atoms with E-state index in [9.17, 15) is 8.42 Å². The molecule has 1 aromatic carbocycles. The van der Waals surface area contributed by atoms with Crippen molar-refractivity contribution in [1.82, 2.24) is 4.72 Å². The molecular weight excluding hydrogens is 250 g/mol. The van der Waals surface area contributed by atoms with Crippen LogP contribution in [0.4, 0.5) is 0 Å². The summed E-state index contributed by atoms with van der Waals surface area (Å²) in [5, 5.41) is 0. The first-order valence-electron chi connectivity index (χ1n) is 5.68. The third kappa shape index (κ3) is 3.21. The van der Waals surface area contributed by atoms with Gasteiger partial charge in [0.15, 0.2) is 0 Å². The minimum Gasteiger partial charge on any atom is -0.469 e. The number of rotatable bonds is 5. The minimum absolute atomic E-state index is 0.221. The topological polar surface area (TPSA) is 59.3 Å². The molecule has 1 atom stereocenters. The number of nitrogens with one attached hydrogen (secondary N) is 1. The van der Waals surface area contributed by atoms with Crippen LogP contribution in [-0.4, -0.2) is 14.5 Å². The fourth-order valence-corrected chi connectivity index (χ4v) is 2.97. The Kier molecular flexibility index (Phi) is 3.84. The van der Waals surface area contributed by atoms with Gasteiger partial charge in [-0.3, -0.25) is 0 Å². The molecule has 5 heteroatoms. The maximum absolute atomic E-state index is 12.0. The van der Waals surface area contributed by atoms with E-state index in [4.69, 9.17) is 4.42 Å². The highest BCUT2D eigenvalue weighted by molar-refractivity contribution is 7.89. The van der Waals surface area contributed by atoms with Crippen molar-refractivity contribution in [2.24, 2.45) is 0 Å². The molecule has 2 rings (SSSR count). The summed E-state index contributed by atoms with van der Waals surface area (Å²) in [6, 6.07) is 11.7. The third-order valence-electron chi connectivity index (χ3n) is 2.50. The molecule has 1 N–H and O–H groups in total. The smallest absolute Gasteiger partial charge is 0.240 e. The predicted molar refractivity (Wildman–Crippen MR) is 68.6 cm³/mol. The van der Waals surface area contributed by atoms with E-state index < -0.39 is 10.0 Å². The van der Waals surface area contributed by atoms with Gasteiger partial charge in [0.2, 0.25) is 10.0 Å². The van der Waals surface area contributed by atoms with Crippen LogP contribution in [0.15, 0.2) is 58.0 Å². The molecule has 0 saturated heterocycles. The summed E-state index contributed by atoms with van der Waals surface area (Å²) >= 11 is 0. The van der Waals surface area contributed by atoms with Gasteiger partial charge in [-0.25, -0.2) is 13.1 Å². The van der Waals surface area contributed by atoms with Crippen LogP contribution in [-0.2, 0) is 16.4 Å². The summed E-state index contributed by atoms with van der Waals surface area (Å²) in [5.41, 5.74) is 0. The summed E-state index contributed by atoms with van der Waals surface area (Å²) in [4.78, 5) is 0.274. The van der Waals surface area contributed by atoms with Crippen molar-refractivity contribution in [3.63, 3.8) is 0 Å². The van der Waals surface area contributed by atoms with Crippen molar-refractivity contribution in [1.29, 1.82) is 0 Å². The van der Waals surface area contributed by atoms with Crippen molar-refractivity contribution in [2.45, 2.75) is 24.3 Å². The van der Waals surface area contributed by atoms with Gasteiger partial charge in [0.05, 0.1) is 11.2 Å². The fourth-order valence-electron chi connectivity index (χ4n) is 1.70. The largest absolute Gasteiger partial charge is 0.469 e. The molecule has 0 spiro atoms. The Bertz CT molecular complexity index is 576. The molecule has 0 aliphatic carbocycles. The van der Waals surface area contributed by atoms with Crippen LogP contribution in [0.1, 0.15) is 12.7 Å². The van der Waals surface area contributed by atoms with E-state index in [1.165, 1.54) is 0 Å². The van der Waals surface area contributed by atoms with Crippen LogP contribution in [0, 0.1) is 0 Å². The van der Waals surface area contributed by atoms with Crippen LogP contribution in [0.5, 0.6) is 0 Å². The summed E-state index contributed by atoms with van der Waals surface area (Å²) in [6.07, 6.45) is 2.10. The standard InChI is InChI=1S/C13H15NO3S/c1-11(10-12-6-5-9-17-12)14-18(15,16)13-7-3-2-4-8-13/h2-9,11,14H,10H2,1H3/t11-/m0/s1. The summed E-state index contributed by atoms with van der Waals surface area (Å²) < 4.78 is 31.9. The van der Waals surface area contributed by atoms with Gasteiger partial charge in [0, 0.05) is 12.5 Å². The molecule has 0 saturated carbocycles. The zero-order valence-corrected chi connectivity index (χ0v) is 10.9. The Morgan fingerprint density at radius 3 is 2.50 bits per heavy atom. The van der Waals surface area contributed by atoms with E-state index in [1.807, 2.05) is 13.0 Å². The minimum atomic E-state index is -3.45. The van der Waals surface area contributed by atoms with Crippen LogP contribution < -0.4 is 4.72 Å². The Morgan fingerprint density at radius 1 is 1.17 bits per heavy atom. The first kappa shape index (κ1) is 12.9. The Labute approximate surface area is 107 Å². The maximum atomic E-state index is 12.0. The number of sulfonamides is 1. The lowest BCUT2D eigenvalue weighted by Gasteiger charge is -2.12. The quantitative estimate of drug-likeness (QED) is 0.901. The molecule has 0 bridgehead atoms. The van der Waals surface area contributed by atoms with Gasteiger partial charge in [-0.2, -0.15) is 0 Å². The van der Waals surface area contributed by atoms with E-state index in [2.05, 4.69) is 4.72 Å². The van der Waals surface area contributed by atoms with Crippen molar-refractivity contribution >= 4 is 10.0 Å². The average molecular weight is 265 g/mol. The van der Waals surface area contributed by atoms with Crippen molar-refractivity contribution in [3.05, 3.63) is 54.5 Å². The second-order valence-electron chi connectivity index (χ2n) is 4.12. The number of hydrogen-bond acceptors (Lipinski definition) is 3. The Balaban J connectivity index is 2.05. The number of hydrogen-bond donors (Lipinski definition) is 1. The molecule has 0 fully saturated rings. The normalized spacial score (nSPS) is 13.4. The summed E-state index contributed by atoms with van der Waals surface area (Å²) in [5.74, 6) is 0.762. The lowest BCUT2D eigenvalue weighted by atomic mass is 10.2. The summed E-state index contributed by atoms with van der Waals surface area (Å²) in [7, 11) is -3.45. The SMILES string of the molecule is C[C@@H](Cc1ccco1)NS(=O)(=O)c1ccccc1. The van der Waals surface area contributed by atoms with Gasteiger partial charge in [-0.15, -0.1) is 0 Å². The molecule has 1 aromatic heterocycles. The molecule has 0 unspecified atom stereocenters. The highest BCUT2D eigenvalue weighted by Gasteiger charge is 2.17. The fraction of sp³-hybridized carbons (Fsp3) is 0.231. The number of furan rings is 1. The predicted octanol–water partition coefficient (Wildman–Crippen LogP) is 2.19. The molecular formula is C13H15NO3S. The van der Waals surface area contributed by atoms with Gasteiger partial charge < -0.3 is 4.42 Å². The van der Waals surface area contributed by atoms with Crippen LogP contribution >= 0.6 is 0 Å². The van der Waals surface area contributed by atoms with Gasteiger partial charge in [0.25, 0.3) is 0 Å². The van der Waals surface area contributed by atoms with Gasteiger partial charge >= 0.3 is 0 Å². The molecule has 1 heterocycles. The second-order valence-corrected chi connectivity index (χ2v) is 5.83. The average Bonchev–Trinajstić information content (AvgIpc) is 2.82. The highest BCUT2D eigenvalue weighted by Crippen LogP contribution is 2.10. The summed E-state index contributed by atoms with van der Waals surface area (Å²) in [6.45, 7) is 1.81. The zero-order chi connectivity index (χ0) is 13.0.